The third-order valence-electron chi connectivity index (χ3n) is 6.95. The van der Waals surface area contributed by atoms with Crippen molar-refractivity contribution >= 4 is 35.0 Å². The van der Waals surface area contributed by atoms with Crippen LogP contribution in [0, 0.1) is 0 Å². The summed E-state index contributed by atoms with van der Waals surface area (Å²) in [5.74, 6) is 1.72. The molecule has 2 aliphatic rings. The molecule has 1 spiro atoms. The van der Waals surface area contributed by atoms with Gasteiger partial charge in [0.2, 0.25) is 0 Å². The molecule has 2 heterocycles. The number of hydrogen-bond acceptors (Lipinski definition) is 5. The minimum absolute atomic E-state index is 0.0772. The molecule has 2 aliphatic heterocycles. The number of rotatable bonds is 9. The van der Waals surface area contributed by atoms with Crippen LogP contribution in [0.15, 0.2) is 35.2 Å². The lowest BCUT2D eigenvalue weighted by atomic mass is 9.74. The van der Waals surface area contributed by atoms with Gasteiger partial charge >= 0.3 is 0 Å². The van der Waals surface area contributed by atoms with Crippen molar-refractivity contribution < 1.29 is 14.9 Å². The Balaban J connectivity index is 1.38. The highest BCUT2D eigenvalue weighted by Gasteiger charge is 2.43. The number of ether oxygens (including phenoxy) is 1. The highest BCUT2D eigenvalue weighted by molar-refractivity contribution is 7.98. The Kier molecular flexibility index (Phi) is 8.53. The molecule has 2 aromatic rings. The second-order valence-corrected chi connectivity index (χ2v) is 11.1. The van der Waals surface area contributed by atoms with Crippen LogP contribution in [0.4, 0.5) is 0 Å². The van der Waals surface area contributed by atoms with E-state index in [1.165, 1.54) is 11.1 Å². The van der Waals surface area contributed by atoms with E-state index in [1.807, 2.05) is 0 Å². The average molecular weight is 511 g/mol. The molecule has 2 aromatic carbocycles. The van der Waals surface area contributed by atoms with Gasteiger partial charge in [-0.15, -0.1) is 11.8 Å². The molecule has 0 atom stereocenters. The number of fused-ring (bicyclic) bond motifs is 2. The Labute approximate surface area is 211 Å². The topological polar surface area (TPSA) is 52.9 Å². The number of aliphatic hydroxyl groups excluding tert-OH is 1. The highest BCUT2D eigenvalue weighted by Crippen LogP contribution is 2.47. The minimum atomic E-state index is -1.23. The number of hydrogen-bond donors (Lipinski definition) is 2. The first-order valence-electron chi connectivity index (χ1n) is 11.9. The van der Waals surface area contributed by atoms with Gasteiger partial charge in [-0.05, 0) is 74.2 Å². The Morgan fingerprint density at radius 2 is 1.85 bits per heavy atom. The van der Waals surface area contributed by atoms with E-state index < -0.39 is 6.29 Å². The van der Waals surface area contributed by atoms with Gasteiger partial charge in [0.15, 0.2) is 6.29 Å². The van der Waals surface area contributed by atoms with Crippen molar-refractivity contribution in [2.45, 2.75) is 67.8 Å². The summed E-state index contributed by atoms with van der Waals surface area (Å²) in [5, 5.41) is 19.7. The van der Waals surface area contributed by atoms with Gasteiger partial charge in [-0.1, -0.05) is 42.6 Å². The molecule has 2 N–H and O–H groups in total. The molecular formula is C26H33Cl2NO3S. The first kappa shape index (κ1) is 25.2. The van der Waals surface area contributed by atoms with Crippen molar-refractivity contribution in [3.63, 3.8) is 0 Å². The summed E-state index contributed by atoms with van der Waals surface area (Å²) in [6.45, 7) is 5.55. The molecule has 1 saturated heterocycles. The van der Waals surface area contributed by atoms with E-state index in [0.29, 0.717) is 6.42 Å². The number of thioether (sulfide) groups is 1. The molecule has 0 aromatic heterocycles. The SMILES string of the molecule is CCCCc1cc(Cl)c(CSc2ccc3c(c2)OCC32CCN(CCC(O)O)CC2)c(Cl)c1. The lowest BCUT2D eigenvalue weighted by Gasteiger charge is -2.38. The maximum absolute atomic E-state index is 9.13. The molecule has 0 aliphatic carbocycles. The van der Waals surface area contributed by atoms with Crippen molar-refractivity contribution in [1.82, 2.24) is 4.90 Å². The van der Waals surface area contributed by atoms with E-state index in [0.717, 1.165) is 90.4 Å². The van der Waals surface area contributed by atoms with E-state index in [-0.39, 0.29) is 5.41 Å². The normalized spacial score (nSPS) is 17.5. The number of piperidine rings is 1. The second-order valence-electron chi connectivity index (χ2n) is 9.27. The Morgan fingerprint density at radius 1 is 1.12 bits per heavy atom. The summed E-state index contributed by atoms with van der Waals surface area (Å²) < 4.78 is 6.15. The van der Waals surface area contributed by atoms with Crippen LogP contribution in [0.5, 0.6) is 5.75 Å². The average Bonchev–Trinajstić information content (AvgIpc) is 3.14. The van der Waals surface area contributed by atoms with Crippen LogP contribution in [-0.2, 0) is 17.6 Å². The van der Waals surface area contributed by atoms with Crippen LogP contribution in [-0.4, -0.2) is 47.6 Å². The van der Waals surface area contributed by atoms with Crippen molar-refractivity contribution in [2.24, 2.45) is 0 Å². The molecule has 0 bridgehead atoms. The largest absolute Gasteiger partial charge is 0.492 e. The van der Waals surface area contributed by atoms with Crippen LogP contribution < -0.4 is 4.74 Å². The monoisotopic (exact) mass is 509 g/mol. The second kappa shape index (κ2) is 11.2. The van der Waals surface area contributed by atoms with Crippen LogP contribution >= 0.6 is 35.0 Å². The summed E-state index contributed by atoms with van der Waals surface area (Å²) in [5.41, 5.74) is 3.58. The lowest BCUT2D eigenvalue weighted by molar-refractivity contribution is -0.0520. The van der Waals surface area contributed by atoms with Gasteiger partial charge < -0.3 is 19.8 Å². The predicted molar refractivity (Wildman–Crippen MR) is 137 cm³/mol. The fourth-order valence-electron chi connectivity index (χ4n) is 4.83. The summed E-state index contributed by atoms with van der Waals surface area (Å²) in [6.07, 6.45) is 4.54. The van der Waals surface area contributed by atoms with Gasteiger partial charge in [0.05, 0.1) is 6.61 Å². The zero-order valence-electron chi connectivity index (χ0n) is 19.2. The number of likely N-dealkylation sites (tertiary alicyclic amines) is 1. The number of unbranched alkanes of at least 4 members (excludes halogenated alkanes) is 1. The van der Waals surface area contributed by atoms with Crippen LogP contribution in [0.1, 0.15) is 55.7 Å². The quantitative estimate of drug-likeness (QED) is 0.318. The van der Waals surface area contributed by atoms with E-state index in [1.54, 1.807) is 11.8 Å². The lowest BCUT2D eigenvalue weighted by Crippen LogP contribution is -2.44. The third-order valence-corrected chi connectivity index (χ3v) is 8.64. The summed E-state index contributed by atoms with van der Waals surface area (Å²) in [7, 11) is 0. The van der Waals surface area contributed by atoms with Crippen molar-refractivity contribution in [1.29, 1.82) is 0 Å². The van der Waals surface area contributed by atoms with Crippen LogP contribution in [0.2, 0.25) is 10.0 Å². The number of aliphatic hydroxyl groups is 2. The Bertz CT molecular complexity index is 938. The van der Waals surface area contributed by atoms with Gasteiger partial charge in [0, 0.05) is 44.6 Å². The fraction of sp³-hybridized carbons (Fsp3) is 0.538. The van der Waals surface area contributed by atoms with E-state index in [9.17, 15) is 0 Å². The summed E-state index contributed by atoms with van der Waals surface area (Å²) in [6, 6.07) is 10.7. The van der Waals surface area contributed by atoms with Gasteiger partial charge in [-0.2, -0.15) is 0 Å². The Hall–Kier alpha value is -0.950. The molecule has 4 rings (SSSR count). The van der Waals surface area contributed by atoms with Gasteiger partial charge in [-0.3, -0.25) is 0 Å². The van der Waals surface area contributed by atoms with Gasteiger partial charge in [-0.25, -0.2) is 0 Å². The molecule has 4 nitrogen and oxygen atoms in total. The highest BCUT2D eigenvalue weighted by atomic mass is 35.5. The standard InChI is InChI=1S/C26H33Cl2NO3S/c1-2-3-4-18-13-22(27)20(23(28)14-18)16-33-19-5-6-21-24(15-19)32-17-26(21)8-11-29(12-9-26)10-7-25(30)31/h5-6,13-15,25,30-31H,2-4,7-12,16-17H2,1H3. The molecule has 0 saturated carbocycles. The molecule has 0 amide bonds. The fourth-order valence-corrected chi connectivity index (χ4v) is 6.64. The molecule has 1 fully saturated rings. The van der Waals surface area contributed by atoms with Crippen LogP contribution in [0.3, 0.4) is 0 Å². The van der Waals surface area contributed by atoms with Crippen molar-refractivity contribution in [2.75, 3.05) is 26.2 Å². The molecule has 0 radical (unpaired) electrons. The van der Waals surface area contributed by atoms with E-state index >= 15 is 0 Å². The molecule has 33 heavy (non-hydrogen) atoms. The summed E-state index contributed by atoms with van der Waals surface area (Å²) in [4.78, 5) is 3.47. The predicted octanol–water partition coefficient (Wildman–Crippen LogP) is 6.06. The maximum Gasteiger partial charge on any atom is 0.152 e. The van der Waals surface area contributed by atoms with Crippen molar-refractivity contribution in [3.05, 3.63) is 57.1 Å². The van der Waals surface area contributed by atoms with E-state index in [2.05, 4.69) is 42.2 Å². The zero-order chi connectivity index (χ0) is 23.4. The maximum atomic E-state index is 9.13. The zero-order valence-corrected chi connectivity index (χ0v) is 21.5. The van der Waals surface area contributed by atoms with Crippen molar-refractivity contribution in [3.8, 4) is 5.75 Å². The van der Waals surface area contributed by atoms with Gasteiger partial charge in [0.1, 0.15) is 5.75 Å². The minimum Gasteiger partial charge on any atom is -0.492 e. The van der Waals surface area contributed by atoms with Crippen LogP contribution in [0.25, 0.3) is 0 Å². The molecule has 7 heteroatoms. The summed E-state index contributed by atoms with van der Waals surface area (Å²) >= 11 is 14.9. The Morgan fingerprint density at radius 3 is 2.52 bits per heavy atom. The molecule has 0 unspecified atom stereocenters. The number of halogens is 2. The smallest absolute Gasteiger partial charge is 0.152 e. The molecular weight excluding hydrogens is 477 g/mol. The third kappa shape index (κ3) is 6.01. The number of aryl methyl sites for hydroxylation is 1. The number of benzene rings is 2. The first-order chi connectivity index (χ1) is 15.9. The number of nitrogens with zero attached hydrogens (tertiary/aromatic N) is 1. The van der Waals surface area contributed by atoms with Gasteiger partial charge in [0.25, 0.3) is 0 Å². The first-order valence-corrected chi connectivity index (χ1v) is 13.6. The molecule has 180 valence electrons. The van der Waals surface area contributed by atoms with E-state index in [4.69, 9.17) is 38.2 Å².